The van der Waals surface area contributed by atoms with Crippen LogP contribution in [0.3, 0.4) is 0 Å². The smallest absolute Gasteiger partial charge is 0.270 e. The molecule has 1 N–H and O–H groups in total. The number of non-ortho nitro benzene ring substituents is 1. The highest BCUT2D eigenvalue weighted by molar-refractivity contribution is 6.30. The Morgan fingerprint density at radius 1 is 1.02 bits per heavy atom. The van der Waals surface area contributed by atoms with Crippen molar-refractivity contribution in [3.05, 3.63) is 105 Å². The van der Waals surface area contributed by atoms with Crippen molar-refractivity contribution in [1.82, 2.24) is 15.1 Å². The average molecular weight is 578 g/mol. The summed E-state index contributed by atoms with van der Waals surface area (Å²) in [7, 11) is 1.61. The minimum absolute atomic E-state index is 0.0922. The van der Waals surface area contributed by atoms with Crippen LogP contribution in [0.25, 0.3) is 0 Å². The summed E-state index contributed by atoms with van der Waals surface area (Å²) >= 11 is 5.98. The van der Waals surface area contributed by atoms with Gasteiger partial charge < -0.3 is 20.0 Å². The molecule has 0 aliphatic carbocycles. The second kappa shape index (κ2) is 13.1. The number of amides is 4. The van der Waals surface area contributed by atoms with E-state index in [-0.39, 0.29) is 49.8 Å². The Labute approximate surface area is 241 Å². The normalized spacial score (nSPS) is 13.9. The maximum absolute atomic E-state index is 13.5. The first-order chi connectivity index (χ1) is 19.6. The van der Waals surface area contributed by atoms with Gasteiger partial charge in [0.15, 0.2) is 0 Å². The van der Waals surface area contributed by atoms with Crippen LogP contribution in [0.2, 0.25) is 5.02 Å². The number of halogens is 1. The molecule has 41 heavy (non-hydrogen) atoms. The maximum atomic E-state index is 13.5. The average Bonchev–Trinajstić information content (AvgIpc) is 2.97. The number of hydrogen-bond donors (Lipinski definition) is 1. The predicted octanol–water partition coefficient (Wildman–Crippen LogP) is 2.92. The largest absolute Gasteiger partial charge is 0.342 e. The van der Waals surface area contributed by atoms with Gasteiger partial charge in [0, 0.05) is 55.0 Å². The summed E-state index contributed by atoms with van der Waals surface area (Å²) in [4.78, 5) is 66.7. The van der Waals surface area contributed by atoms with Gasteiger partial charge in [-0.25, -0.2) is 0 Å². The number of hydrogen-bond acceptors (Lipinski definition) is 6. The molecular weight excluding hydrogens is 550 g/mol. The molecule has 12 heteroatoms. The van der Waals surface area contributed by atoms with Crippen LogP contribution in [0.15, 0.2) is 78.9 Å². The fourth-order valence-corrected chi connectivity index (χ4v) is 4.60. The Morgan fingerprint density at radius 2 is 1.73 bits per heavy atom. The number of rotatable bonds is 9. The second-order valence-electron chi connectivity index (χ2n) is 9.53. The third-order valence-electron chi connectivity index (χ3n) is 6.70. The van der Waals surface area contributed by atoms with E-state index in [4.69, 9.17) is 11.6 Å². The van der Waals surface area contributed by atoms with E-state index >= 15 is 0 Å². The third-order valence-corrected chi connectivity index (χ3v) is 6.96. The Bertz CT molecular complexity index is 1450. The highest BCUT2D eigenvalue weighted by Crippen LogP contribution is 2.19. The van der Waals surface area contributed by atoms with Gasteiger partial charge in [-0.2, -0.15) is 0 Å². The molecule has 4 rings (SSSR count). The van der Waals surface area contributed by atoms with Crippen molar-refractivity contribution in [2.24, 2.45) is 0 Å². The van der Waals surface area contributed by atoms with Crippen molar-refractivity contribution in [2.45, 2.75) is 12.5 Å². The molecule has 0 radical (unpaired) electrons. The van der Waals surface area contributed by atoms with Gasteiger partial charge in [0.1, 0.15) is 12.6 Å². The van der Waals surface area contributed by atoms with Crippen molar-refractivity contribution >= 4 is 46.6 Å². The van der Waals surface area contributed by atoms with Gasteiger partial charge in [0.25, 0.3) is 11.6 Å². The summed E-state index contributed by atoms with van der Waals surface area (Å²) in [6.45, 7) is -0.331. The van der Waals surface area contributed by atoms with Gasteiger partial charge in [-0.05, 0) is 35.9 Å². The summed E-state index contributed by atoms with van der Waals surface area (Å²) in [6, 6.07) is 20.4. The van der Waals surface area contributed by atoms with Gasteiger partial charge in [0.05, 0.1) is 11.5 Å². The first-order valence-electron chi connectivity index (χ1n) is 12.8. The summed E-state index contributed by atoms with van der Waals surface area (Å²) in [5.74, 6) is -1.82. The molecule has 1 aliphatic rings. The van der Waals surface area contributed by atoms with Crippen molar-refractivity contribution < 1.29 is 24.1 Å². The monoisotopic (exact) mass is 577 g/mol. The van der Waals surface area contributed by atoms with Gasteiger partial charge in [-0.3, -0.25) is 29.3 Å². The maximum Gasteiger partial charge on any atom is 0.270 e. The molecule has 3 aromatic carbocycles. The molecule has 11 nitrogen and oxygen atoms in total. The number of nitrogens with one attached hydrogen (secondary N) is 1. The fraction of sp³-hybridized carbons (Fsp3) is 0.241. The number of nitro benzene ring substituents is 1. The summed E-state index contributed by atoms with van der Waals surface area (Å²) in [5.41, 5.74) is 1.33. The number of piperazine rings is 1. The van der Waals surface area contributed by atoms with Crippen molar-refractivity contribution in [3.8, 4) is 0 Å². The quantitative estimate of drug-likeness (QED) is 0.307. The van der Waals surface area contributed by atoms with Crippen LogP contribution in [0.4, 0.5) is 11.4 Å². The predicted molar refractivity (Wildman–Crippen MR) is 153 cm³/mol. The Kier molecular flexibility index (Phi) is 9.30. The molecule has 1 fully saturated rings. The van der Waals surface area contributed by atoms with E-state index in [1.54, 1.807) is 31.3 Å². The van der Waals surface area contributed by atoms with Gasteiger partial charge in [-0.1, -0.05) is 48.0 Å². The first-order valence-corrected chi connectivity index (χ1v) is 13.2. The van der Waals surface area contributed by atoms with Gasteiger partial charge in [-0.15, -0.1) is 0 Å². The topological polar surface area (TPSA) is 133 Å². The van der Waals surface area contributed by atoms with Crippen LogP contribution >= 0.6 is 11.6 Å². The lowest BCUT2D eigenvalue weighted by molar-refractivity contribution is -0.384. The molecule has 1 atom stereocenters. The third kappa shape index (κ3) is 7.46. The zero-order valence-electron chi connectivity index (χ0n) is 22.2. The zero-order valence-corrected chi connectivity index (χ0v) is 23.0. The van der Waals surface area contributed by atoms with Gasteiger partial charge in [0.2, 0.25) is 17.7 Å². The number of nitrogens with zero attached hydrogens (tertiary/aromatic N) is 4. The highest BCUT2D eigenvalue weighted by atomic mass is 35.5. The number of anilines is 1. The molecule has 0 bridgehead atoms. The van der Waals surface area contributed by atoms with E-state index in [0.717, 1.165) is 11.6 Å². The van der Waals surface area contributed by atoms with Crippen LogP contribution in [0, 0.1) is 10.1 Å². The highest BCUT2D eigenvalue weighted by Gasteiger charge is 2.31. The molecule has 212 valence electrons. The van der Waals surface area contributed by atoms with Crippen LogP contribution in [0.1, 0.15) is 15.9 Å². The number of carbonyl (C=O) groups excluding carboxylic acids is 4. The summed E-state index contributed by atoms with van der Waals surface area (Å²) in [6.07, 6.45) is 0.239. The first kappa shape index (κ1) is 29.2. The van der Waals surface area contributed by atoms with Crippen LogP contribution in [0.5, 0.6) is 0 Å². The van der Waals surface area contributed by atoms with Crippen molar-refractivity contribution in [1.29, 1.82) is 0 Å². The zero-order chi connectivity index (χ0) is 29.5. The van der Waals surface area contributed by atoms with E-state index in [2.05, 4.69) is 5.32 Å². The lowest BCUT2D eigenvalue weighted by Crippen LogP contribution is -2.56. The van der Waals surface area contributed by atoms with E-state index in [1.807, 2.05) is 30.3 Å². The fourth-order valence-electron chi connectivity index (χ4n) is 4.47. The molecule has 1 heterocycles. The van der Waals surface area contributed by atoms with Crippen LogP contribution in [-0.4, -0.2) is 77.6 Å². The lowest BCUT2D eigenvalue weighted by Gasteiger charge is -2.34. The summed E-state index contributed by atoms with van der Waals surface area (Å²) < 4.78 is 0. The van der Waals surface area contributed by atoms with Crippen molar-refractivity contribution in [3.63, 3.8) is 0 Å². The molecule has 0 spiro atoms. The molecule has 0 saturated carbocycles. The molecule has 0 unspecified atom stereocenters. The van der Waals surface area contributed by atoms with Crippen molar-refractivity contribution in [2.75, 3.05) is 38.1 Å². The van der Waals surface area contributed by atoms with Crippen LogP contribution < -0.4 is 10.2 Å². The molecule has 0 aromatic heterocycles. The minimum Gasteiger partial charge on any atom is -0.342 e. The Morgan fingerprint density at radius 3 is 2.39 bits per heavy atom. The summed E-state index contributed by atoms with van der Waals surface area (Å²) in [5, 5.41) is 14.4. The molecule has 3 aromatic rings. The van der Waals surface area contributed by atoms with E-state index in [1.165, 1.54) is 32.9 Å². The Hall–Kier alpha value is -4.77. The molecule has 1 aliphatic heterocycles. The molecule has 1 saturated heterocycles. The Balaban J connectivity index is 1.40. The van der Waals surface area contributed by atoms with Crippen LogP contribution in [-0.2, 0) is 20.8 Å². The van der Waals surface area contributed by atoms with E-state index in [9.17, 15) is 29.3 Å². The van der Waals surface area contributed by atoms with Gasteiger partial charge >= 0.3 is 0 Å². The molecular formula is C29H28ClN5O6. The number of benzene rings is 3. The lowest BCUT2D eigenvalue weighted by atomic mass is 10.0. The number of likely N-dealkylation sites (N-methyl/N-ethyl adjacent to an activating group) is 1. The number of nitro groups is 1. The molecule has 4 amide bonds. The minimum atomic E-state index is -0.905. The SMILES string of the molecule is CN(C(=O)[C@H](Cc1ccccc1)NC(=O)CN1CCN(C(=O)c2cccc([N+](=O)[O-])c2)CC1=O)c1ccc(Cl)cc1. The second-order valence-corrected chi connectivity index (χ2v) is 9.97. The van der Waals surface area contributed by atoms with E-state index in [0.29, 0.717) is 10.7 Å². The standard InChI is InChI=1S/C29H28ClN5O6/c1-32(23-12-10-22(30)11-13-23)29(39)25(16-20-6-3-2-4-7-20)31-26(36)18-33-14-15-34(19-27(33)37)28(38)21-8-5-9-24(17-21)35(40)41/h2-13,17,25H,14-16,18-19H2,1H3,(H,31,36)/t25-/m0/s1. The van der Waals surface area contributed by atoms with E-state index < -0.39 is 28.7 Å². The number of carbonyl (C=O) groups is 4.